The minimum absolute atomic E-state index is 0.369. The lowest BCUT2D eigenvalue weighted by atomic mass is 9.96. The molecule has 0 aliphatic carbocycles. The standard InChI is InChI=1S/C18H31N3/c1-4-8-16-9-7-13-21(14-11-16)18-17(10-6-12-20-18)15(3)19-5-2/h6,10,12,15-16,19H,4-5,7-9,11,13-14H2,1-3H3. The number of hydrogen-bond acceptors (Lipinski definition) is 3. The van der Waals surface area contributed by atoms with Gasteiger partial charge in [0.25, 0.3) is 0 Å². The topological polar surface area (TPSA) is 28.2 Å². The molecule has 1 aromatic heterocycles. The van der Waals surface area contributed by atoms with E-state index in [0.717, 1.165) is 25.6 Å². The van der Waals surface area contributed by atoms with Crippen LogP contribution in [-0.4, -0.2) is 24.6 Å². The molecule has 0 spiro atoms. The molecule has 1 aliphatic heterocycles. The number of rotatable bonds is 6. The Morgan fingerprint density at radius 1 is 1.33 bits per heavy atom. The predicted molar refractivity (Wildman–Crippen MR) is 90.8 cm³/mol. The quantitative estimate of drug-likeness (QED) is 0.852. The minimum atomic E-state index is 0.369. The summed E-state index contributed by atoms with van der Waals surface area (Å²) in [6.07, 6.45) is 8.64. The highest BCUT2D eigenvalue weighted by atomic mass is 15.2. The molecule has 3 heteroatoms. The molecular formula is C18H31N3. The van der Waals surface area contributed by atoms with Crippen molar-refractivity contribution in [2.45, 2.75) is 58.9 Å². The lowest BCUT2D eigenvalue weighted by Gasteiger charge is -2.26. The Morgan fingerprint density at radius 2 is 2.19 bits per heavy atom. The highest BCUT2D eigenvalue weighted by Crippen LogP contribution is 2.28. The summed E-state index contributed by atoms with van der Waals surface area (Å²) in [6, 6.07) is 4.66. The van der Waals surface area contributed by atoms with E-state index in [1.807, 2.05) is 6.20 Å². The lowest BCUT2D eigenvalue weighted by molar-refractivity contribution is 0.435. The fourth-order valence-corrected chi connectivity index (χ4v) is 3.50. The third-order valence-electron chi connectivity index (χ3n) is 4.64. The van der Waals surface area contributed by atoms with Crippen molar-refractivity contribution >= 4 is 5.82 Å². The van der Waals surface area contributed by atoms with Gasteiger partial charge in [0.05, 0.1) is 0 Å². The molecule has 1 aliphatic rings. The molecule has 0 amide bonds. The maximum absolute atomic E-state index is 4.70. The Hall–Kier alpha value is -1.09. The average Bonchev–Trinajstić information content (AvgIpc) is 2.73. The van der Waals surface area contributed by atoms with Crippen molar-refractivity contribution in [2.24, 2.45) is 5.92 Å². The maximum Gasteiger partial charge on any atom is 0.133 e. The summed E-state index contributed by atoms with van der Waals surface area (Å²) in [6.45, 7) is 10.0. The fourth-order valence-electron chi connectivity index (χ4n) is 3.50. The van der Waals surface area contributed by atoms with Gasteiger partial charge in [-0.2, -0.15) is 0 Å². The Kier molecular flexibility index (Phi) is 6.50. The Bertz CT molecular complexity index is 419. The van der Waals surface area contributed by atoms with Crippen LogP contribution in [0.2, 0.25) is 0 Å². The first-order valence-electron chi connectivity index (χ1n) is 8.69. The zero-order valence-electron chi connectivity index (χ0n) is 13.9. The van der Waals surface area contributed by atoms with Crippen LogP contribution < -0.4 is 10.2 Å². The Labute approximate surface area is 130 Å². The minimum Gasteiger partial charge on any atom is -0.356 e. The molecule has 0 aromatic carbocycles. The second kappa shape index (κ2) is 8.38. The van der Waals surface area contributed by atoms with Crippen LogP contribution in [0.25, 0.3) is 0 Å². The molecule has 0 saturated carbocycles. The van der Waals surface area contributed by atoms with Gasteiger partial charge in [-0.1, -0.05) is 32.8 Å². The zero-order chi connectivity index (χ0) is 15.1. The molecular weight excluding hydrogens is 258 g/mol. The summed E-state index contributed by atoms with van der Waals surface area (Å²) < 4.78 is 0. The van der Waals surface area contributed by atoms with Crippen molar-refractivity contribution in [1.82, 2.24) is 10.3 Å². The molecule has 1 N–H and O–H groups in total. The molecule has 1 saturated heterocycles. The highest BCUT2D eigenvalue weighted by molar-refractivity contribution is 5.48. The molecule has 2 heterocycles. The van der Waals surface area contributed by atoms with Gasteiger partial charge in [0.2, 0.25) is 0 Å². The fraction of sp³-hybridized carbons (Fsp3) is 0.722. The van der Waals surface area contributed by atoms with Crippen molar-refractivity contribution in [3.8, 4) is 0 Å². The van der Waals surface area contributed by atoms with Crippen LogP contribution in [0.4, 0.5) is 5.82 Å². The van der Waals surface area contributed by atoms with Crippen LogP contribution in [0, 0.1) is 5.92 Å². The monoisotopic (exact) mass is 289 g/mol. The molecule has 2 rings (SSSR count). The molecule has 118 valence electrons. The third kappa shape index (κ3) is 4.44. The molecule has 1 fully saturated rings. The summed E-state index contributed by atoms with van der Waals surface area (Å²) in [4.78, 5) is 7.22. The molecule has 2 atom stereocenters. The van der Waals surface area contributed by atoms with Gasteiger partial charge in [0, 0.05) is 30.9 Å². The van der Waals surface area contributed by atoms with Crippen LogP contribution in [0.3, 0.4) is 0 Å². The first-order chi connectivity index (χ1) is 10.3. The zero-order valence-corrected chi connectivity index (χ0v) is 13.9. The predicted octanol–water partition coefficient (Wildman–Crippen LogP) is 4.16. The molecule has 0 bridgehead atoms. The number of pyridine rings is 1. The van der Waals surface area contributed by atoms with Crippen LogP contribution in [-0.2, 0) is 0 Å². The van der Waals surface area contributed by atoms with Gasteiger partial charge in [-0.15, -0.1) is 0 Å². The maximum atomic E-state index is 4.70. The van der Waals surface area contributed by atoms with Gasteiger partial charge in [-0.3, -0.25) is 0 Å². The molecule has 3 nitrogen and oxygen atoms in total. The van der Waals surface area contributed by atoms with E-state index in [9.17, 15) is 0 Å². The average molecular weight is 289 g/mol. The van der Waals surface area contributed by atoms with E-state index in [2.05, 4.69) is 43.1 Å². The van der Waals surface area contributed by atoms with E-state index in [1.54, 1.807) is 0 Å². The van der Waals surface area contributed by atoms with E-state index in [-0.39, 0.29) is 0 Å². The summed E-state index contributed by atoms with van der Waals surface area (Å²) in [7, 11) is 0. The number of nitrogens with zero attached hydrogens (tertiary/aromatic N) is 2. The van der Waals surface area contributed by atoms with Gasteiger partial charge in [0.15, 0.2) is 0 Å². The normalized spacial score (nSPS) is 21.1. The molecule has 2 unspecified atom stereocenters. The lowest BCUT2D eigenvalue weighted by Crippen LogP contribution is -2.28. The first kappa shape index (κ1) is 16.3. The number of nitrogens with one attached hydrogen (secondary N) is 1. The molecule has 21 heavy (non-hydrogen) atoms. The molecule has 1 aromatic rings. The smallest absolute Gasteiger partial charge is 0.133 e. The van der Waals surface area contributed by atoms with E-state index in [1.165, 1.54) is 43.5 Å². The van der Waals surface area contributed by atoms with Crippen molar-refractivity contribution in [1.29, 1.82) is 0 Å². The summed E-state index contributed by atoms with van der Waals surface area (Å²) in [5.74, 6) is 2.11. The summed E-state index contributed by atoms with van der Waals surface area (Å²) in [5, 5.41) is 3.52. The number of hydrogen-bond donors (Lipinski definition) is 1. The largest absolute Gasteiger partial charge is 0.356 e. The van der Waals surface area contributed by atoms with Crippen LogP contribution in [0.1, 0.15) is 64.5 Å². The van der Waals surface area contributed by atoms with Crippen molar-refractivity contribution in [3.63, 3.8) is 0 Å². The summed E-state index contributed by atoms with van der Waals surface area (Å²) in [5.41, 5.74) is 1.34. The van der Waals surface area contributed by atoms with Crippen LogP contribution in [0.15, 0.2) is 18.3 Å². The van der Waals surface area contributed by atoms with E-state index in [0.29, 0.717) is 6.04 Å². The van der Waals surface area contributed by atoms with Gasteiger partial charge in [-0.25, -0.2) is 4.98 Å². The van der Waals surface area contributed by atoms with Crippen LogP contribution >= 0.6 is 0 Å². The second-order valence-corrected chi connectivity index (χ2v) is 6.27. The Balaban J connectivity index is 2.10. The summed E-state index contributed by atoms with van der Waals surface area (Å²) >= 11 is 0. The van der Waals surface area contributed by atoms with E-state index >= 15 is 0 Å². The van der Waals surface area contributed by atoms with Gasteiger partial charge in [0.1, 0.15) is 5.82 Å². The van der Waals surface area contributed by atoms with Crippen molar-refractivity contribution < 1.29 is 0 Å². The van der Waals surface area contributed by atoms with E-state index in [4.69, 9.17) is 4.98 Å². The number of anilines is 1. The Morgan fingerprint density at radius 3 is 2.95 bits per heavy atom. The first-order valence-corrected chi connectivity index (χ1v) is 8.69. The van der Waals surface area contributed by atoms with Crippen molar-refractivity contribution in [2.75, 3.05) is 24.5 Å². The van der Waals surface area contributed by atoms with Gasteiger partial charge < -0.3 is 10.2 Å². The molecule has 0 radical (unpaired) electrons. The van der Waals surface area contributed by atoms with Gasteiger partial charge >= 0.3 is 0 Å². The SMILES string of the molecule is CCCC1CCCN(c2ncccc2C(C)NCC)CC1. The van der Waals surface area contributed by atoms with E-state index < -0.39 is 0 Å². The second-order valence-electron chi connectivity index (χ2n) is 6.27. The third-order valence-corrected chi connectivity index (χ3v) is 4.64. The van der Waals surface area contributed by atoms with Crippen LogP contribution in [0.5, 0.6) is 0 Å². The number of aromatic nitrogens is 1. The highest BCUT2D eigenvalue weighted by Gasteiger charge is 2.20. The van der Waals surface area contributed by atoms with Crippen molar-refractivity contribution in [3.05, 3.63) is 23.9 Å². The van der Waals surface area contributed by atoms with Gasteiger partial charge in [-0.05, 0) is 44.7 Å².